The van der Waals surface area contributed by atoms with E-state index < -0.39 is 6.04 Å². The molecule has 2 heterocycles. The minimum atomic E-state index is -0.608. The number of carbonyl (C=O) groups excluding carboxylic acids is 1. The number of rotatable bonds is 4. The summed E-state index contributed by atoms with van der Waals surface area (Å²) >= 11 is 0. The molecular formula is C18H18N2O5. The molecule has 1 amide bonds. The fourth-order valence-electron chi connectivity index (χ4n) is 3.23. The van der Waals surface area contributed by atoms with Gasteiger partial charge in [-0.2, -0.15) is 0 Å². The van der Waals surface area contributed by atoms with Gasteiger partial charge in [-0.05, 0) is 29.8 Å². The van der Waals surface area contributed by atoms with Gasteiger partial charge < -0.3 is 29.6 Å². The molecule has 2 aliphatic rings. The monoisotopic (exact) mass is 342 g/mol. The van der Waals surface area contributed by atoms with Crippen LogP contribution in [0.15, 0.2) is 36.4 Å². The highest BCUT2D eigenvalue weighted by Gasteiger charge is 2.47. The van der Waals surface area contributed by atoms with E-state index in [1.54, 1.807) is 31.3 Å². The van der Waals surface area contributed by atoms with E-state index in [1.165, 1.54) is 0 Å². The molecule has 0 radical (unpaired) electrons. The van der Waals surface area contributed by atoms with E-state index in [0.717, 1.165) is 11.3 Å². The molecule has 4 rings (SSSR count). The molecule has 2 unspecified atom stereocenters. The molecule has 2 atom stereocenters. The van der Waals surface area contributed by atoms with Gasteiger partial charge in [0.05, 0.1) is 20.3 Å². The zero-order valence-electron chi connectivity index (χ0n) is 13.9. The van der Waals surface area contributed by atoms with E-state index in [0.29, 0.717) is 23.0 Å². The molecule has 2 N–H and O–H groups in total. The van der Waals surface area contributed by atoms with E-state index in [2.05, 4.69) is 0 Å². The molecule has 2 aliphatic heterocycles. The molecule has 130 valence electrons. The number of ether oxygens (including phenoxy) is 4. The van der Waals surface area contributed by atoms with E-state index in [-0.39, 0.29) is 18.7 Å². The molecule has 2 aromatic carbocycles. The van der Waals surface area contributed by atoms with Crippen LogP contribution in [0, 0.1) is 0 Å². The maximum absolute atomic E-state index is 12.4. The second-order valence-electron chi connectivity index (χ2n) is 5.83. The summed E-state index contributed by atoms with van der Waals surface area (Å²) in [4.78, 5) is 14.1. The highest BCUT2D eigenvalue weighted by Crippen LogP contribution is 2.44. The highest BCUT2D eigenvalue weighted by atomic mass is 16.7. The molecule has 25 heavy (non-hydrogen) atoms. The summed E-state index contributed by atoms with van der Waals surface area (Å²) in [5, 5.41) is 0. The van der Waals surface area contributed by atoms with Crippen LogP contribution in [0.25, 0.3) is 0 Å². The predicted octanol–water partition coefficient (Wildman–Crippen LogP) is 1.85. The van der Waals surface area contributed by atoms with Gasteiger partial charge in [-0.15, -0.1) is 0 Å². The smallest absolute Gasteiger partial charge is 0.247 e. The van der Waals surface area contributed by atoms with Crippen LogP contribution in [0.1, 0.15) is 11.6 Å². The number of methoxy groups -OCH3 is 2. The van der Waals surface area contributed by atoms with Gasteiger partial charge in [0.15, 0.2) is 23.0 Å². The van der Waals surface area contributed by atoms with Crippen molar-refractivity contribution in [3.63, 3.8) is 0 Å². The molecule has 2 aromatic rings. The summed E-state index contributed by atoms with van der Waals surface area (Å²) in [7, 11) is 3.15. The maximum Gasteiger partial charge on any atom is 0.247 e. The van der Waals surface area contributed by atoms with Gasteiger partial charge >= 0.3 is 0 Å². The first-order chi connectivity index (χ1) is 12.1. The summed E-state index contributed by atoms with van der Waals surface area (Å²) in [6.07, 6.45) is 0. The van der Waals surface area contributed by atoms with Crippen molar-refractivity contribution in [3.8, 4) is 23.0 Å². The third-order valence-corrected chi connectivity index (χ3v) is 4.52. The van der Waals surface area contributed by atoms with Crippen molar-refractivity contribution in [1.29, 1.82) is 0 Å². The molecule has 0 bridgehead atoms. The van der Waals surface area contributed by atoms with Crippen molar-refractivity contribution < 1.29 is 23.7 Å². The number of hydrogen-bond acceptors (Lipinski definition) is 6. The lowest BCUT2D eigenvalue weighted by Gasteiger charge is -2.45. The van der Waals surface area contributed by atoms with Gasteiger partial charge in [0.2, 0.25) is 12.7 Å². The first kappa shape index (κ1) is 15.6. The second kappa shape index (κ2) is 5.86. The lowest BCUT2D eigenvalue weighted by molar-refractivity contribution is -0.126. The van der Waals surface area contributed by atoms with Gasteiger partial charge in [-0.25, -0.2) is 0 Å². The summed E-state index contributed by atoms with van der Waals surface area (Å²) in [6, 6.07) is 10.1. The number of carbonyl (C=O) groups is 1. The van der Waals surface area contributed by atoms with Crippen LogP contribution >= 0.6 is 0 Å². The number of anilines is 1. The Morgan fingerprint density at radius 3 is 2.56 bits per heavy atom. The van der Waals surface area contributed by atoms with Crippen LogP contribution < -0.4 is 29.6 Å². The van der Waals surface area contributed by atoms with Crippen LogP contribution in [0.3, 0.4) is 0 Å². The van der Waals surface area contributed by atoms with Crippen LogP contribution in [0.2, 0.25) is 0 Å². The summed E-state index contributed by atoms with van der Waals surface area (Å²) < 4.78 is 21.3. The van der Waals surface area contributed by atoms with Gasteiger partial charge in [0.25, 0.3) is 0 Å². The molecule has 0 saturated carbocycles. The van der Waals surface area contributed by atoms with E-state index in [1.807, 2.05) is 24.3 Å². The van der Waals surface area contributed by atoms with Crippen molar-refractivity contribution >= 4 is 11.6 Å². The van der Waals surface area contributed by atoms with Gasteiger partial charge in [-0.3, -0.25) is 4.79 Å². The van der Waals surface area contributed by atoms with Crippen molar-refractivity contribution in [2.45, 2.75) is 12.1 Å². The van der Waals surface area contributed by atoms with Crippen molar-refractivity contribution in [2.75, 3.05) is 25.9 Å². The molecule has 7 heteroatoms. The molecule has 1 fully saturated rings. The number of benzene rings is 2. The topological polar surface area (TPSA) is 83.3 Å². The quantitative estimate of drug-likeness (QED) is 0.854. The van der Waals surface area contributed by atoms with Gasteiger partial charge in [-0.1, -0.05) is 6.07 Å². The molecule has 7 nitrogen and oxygen atoms in total. The number of β-lactam (4-membered cyclic amide) rings is 1. The lowest BCUT2D eigenvalue weighted by atomic mass is 9.88. The fourth-order valence-corrected chi connectivity index (χ4v) is 3.23. The first-order valence-corrected chi connectivity index (χ1v) is 7.84. The van der Waals surface area contributed by atoms with Crippen LogP contribution in [-0.4, -0.2) is 33.0 Å². The standard InChI is InChI=1S/C18H18N2O5/c1-22-12-5-3-10(7-14(12)23-2)17-16(19)18(21)20(17)11-4-6-13-15(8-11)25-9-24-13/h3-8,16-17H,9,19H2,1-2H3. The Morgan fingerprint density at radius 1 is 1.04 bits per heavy atom. The summed E-state index contributed by atoms with van der Waals surface area (Å²) in [6.45, 7) is 0.186. The zero-order chi connectivity index (χ0) is 17.6. The fraction of sp³-hybridized carbons (Fsp3) is 0.278. The van der Waals surface area contributed by atoms with Gasteiger partial charge in [0.1, 0.15) is 6.04 Å². The number of nitrogens with two attached hydrogens (primary N) is 1. The van der Waals surface area contributed by atoms with Gasteiger partial charge in [0, 0.05) is 11.8 Å². The molecule has 0 aliphatic carbocycles. The molecule has 0 aromatic heterocycles. The molecular weight excluding hydrogens is 324 g/mol. The van der Waals surface area contributed by atoms with Crippen LogP contribution in [0.5, 0.6) is 23.0 Å². The van der Waals surface area contributed by atoms with Crippen molar-refractivity contribution in [2.24, 2.45) is 5.73 Å². The van der Waals surface area contributed by atoms with Crippen molar-refractivity contribution in [3.05, 3.63) is 42.0 Å². The Hall–Kier alpha value is -2.93. The number of hydrogen-bond donors (Lipinski definition) is 1. The number of nitrogens with zero attached hydrogens (tertiary/aromatic N) is 1. The van der Waals surface area contributed by atoms with E-state index in [9.17, 15) is 4.79 Å². The largest absolute Gasteiger partial charge is 0.493 e. The average molecular weight is 342 g/mol. The normalized spacial score (nSPS) is 21.1. The first-order valence-electron chi connectivity index (χ1n) is 7.84. The summed E-state index contributed by atoms with van der Waals surface area (Å²) in [5.74, 6) is 2.37. The van der Waals surface area contributed by atoms with E-state index in [4.69, 9.17) is 24.7 Å². The minimum absolute atomic E-state index is 0.140. The Bertz CT molecular complexity index is 838. The Labute approximate surface area is 144 Å². The highest BCUT2D eigenvalue weighted by molar-refractivity contribution is 6.05. The molecule has 0 spiro atoms. The number of fused-ring (bicyclic) bond motifs is 1. The average Bonchev–Trinajstić information content (AvgIpc) is 3.12. The maximum atomic E-state index is 12.4. The Balaban J connectivity index is 1.70. The minimum Gasteiger partial charge on any atom is -0.493 e. The molecule has 1 saturated heterocycles. The van der Waals surface area contributed by atoms with E-state index >= 15 is 0 Å². The van der Waals surface area contributed by atoms with Crippen LogP contribution in [0.4, 0.5) is 5.69 Å². The SMILES string of the molecule is COc1ccc(C2C(N)C(=O)N2c2ccc3c(c2)OCO3)cc1OC. The summed E-state index contributed by atoms with van der Waals surface area (Å²) in [5.41, 5.74) is 7.68. The predicted molar refractivity (Wildman–Crippen MR) is 90.3 cm³/mol. The second-order valence-corrected chi connectivity index (χ2v) is 5.83. The third kappa shape index (κ3) is 2.35. The third-order valence-electron chi connectivity index (χ3n) is 4.52. The lowest BCUT2D eigenvalue weighted by Crippen LogP contribution is -2.63. The zero-order valence-corrected chi connectivity index (χ0v) is 13.9. The van der Waals surface area contributed by atoms with Crippen molar-refractivity contribution in [1.82, 2.24) is 0 Å². The number of amides is 1. The van der Waals surface area contributed by atoms with Crippen LogP contribution in [-0.2, 0) is 4.79 Å². The Kier molecular flexibility index (Phi) is 3.65. The Morgan fingerprint density at radius 2 is 1.80 bits per heavy atom.